The lowest BCUT2D eigenvalue weighted by molar-refractivity contribution is 0.0626. The lowest BCUT2D eigenvalue weighted by atomic mass is 10.1. The molecule has 1 aromatic carbocycles. The molecule has 0 fully saturated rings. The standard InChI is InChI=1S/C15H18O2/c1-11(2)5-8-13(4)17-15(16)14-9-6-12(3)7-10-14/h5-10H,1-4H3/b13-8+. The second kappa shape index (κ2) is 6.04. The van der Waals surface area contributed by atoms with Crippen molar-refractivity contribution in [2.24, 2.45) is 0 Å². The van der Waals surface area contributed by atoms with Crippen LogP contribution in [0.15, 0.2) is 47.7 Å². The van der Waals surface area contributed by atoms with Crippen LogP contribution in [0.25, 0.3) is 0 Å². The van der Waals surface area contributed by atoms with Crippen LogP contribution in [0, 0.1) is 6.92 Å². The molecule has 1 rings (SSSR count). The van der Waals surface area contributed by atoms with Crippen molar-refractivity contribution >= 4 is 5.97 Å². The Bertz CT molecular complexity index is 446. The Labute approximate surface area is 103 Å². The number of ether oxygens (including phenoxy) is 1. The van der Waals surface area contributed by atoms with Crippen molar-refractivity contribution < 1.29 is 9.53 Å². The molecule has 17 heavy (non-hydrogen) atoms. The Kier molecular flexibility index (Phi) is 4.70. The molecule has 0 aliphatic heterocycles. The van der Waals surface area contributed by atoms with Crippen molar-refractivity contribution in [3.05, 3.63) is 58.9 Å². The molecule has 0 aliphatic carbocycles. The van der Waals surface area contributed by atoms with Gasteiger partial charge in [-0.15, -0.1) is 0 Å². The van der Waals surface area contributed by atoms with Crippen LogP contribution >= 0.6 is 0 Å². The first-order valence-electron chi connectivity index (χ1n) is 5.59. The molecule has 0 radical (unpaired) electrons. The Morgan fingerprint density at radius 3 is 2.18 bits per heavy atom. The molecule has 0 atom stereocenters. The van der Waals surface area contributed by atoms with E-state index in [-0.39, 0.29) is 5.97 Å². The molecule has 0 unspecified atom stereocenters. The SMILES string of the molecule is CC(C)=C/C=C(\C)OC(=O)c1ccc(C)cc1. The summed E-state index contributed by atoms with van der Waals surface area (Å²) in [5.41, 5.74) is 2.86. The highest BCUT2D eigenvalue weighted by atomic mass is 16.5. The van der Waals surface area contributed by atoms with E-state index in [1.165, 1.54) is 0 Å². The van der Waals surface area contributed by atoms with Gasteiger partial charge in [0.25, 0.3) is 0 Å². The van der Waals surface area contributed by atoms with Gasteiger partial charge in [-0.25, -0.2) is 4.79 Å². The highest BCUT2D eigenvalue weighted by Gasteiger charge is 2.06. The van der Waals surface area contributed by atoms with E-state index in [2.05, 4.69) is 0 Å². The average Bonchev–Trinajstić information content (AvgIpc) is 2.27. The molecule has 90 valence electrons. The third-order valence-corrected chi connectivity index (χ3v) is 2.19. The number of hydrogen-bond acceptors (Lipinski definition) is 2. The Morgan fingerprint density at radius 1 is 1.06 bits per heavy atom. The zero-order chi connectivity index (χ0) is 12.8. The minimum Gasteiger partial charge on any atom is -0.428 e. The van der Waals surface area contributed by atoms with Gasteiger partial charge in [-0.1, -0.05) is 29.3 Å². The third-order valence-electron chi connectivity index (χ3n) is 2.19. The first kappa shape index (κ1) is 13.2. The smallest absolute Gasteiger partial charge is 0.343 e. The van der Waals surface area contributed by atoms with E-state index < -0.39 is 0 Å². The molecule has 0 heterocycles. The maximum atomic E-state index is 11.7. The molecule has 0 aliphatic rings. The van der Waals surface area contributed by atoms with Crippen molar-refractivity contribution in [3.8, 4) is 0 Å². The van der Waals surface area contributed by atoms with Crippen LogP contribution in [-0.2, 0) is 4.74 Å². The fourth-order valence-corrected chi connectivity index (χ4v) is 1.21. The third kappa shape index (κ3) is 4.68. The predicted molar refractivity (Wildman–Crippen MR) is 69.8 cm³/mol. The zero-order valence-electron chi connectivity index (χ0n) is 10.8. The molecule has 0 N–H and O–H groups in total. The predicted octanol–water partition coefficient (Wildman–Crippen LogP) is 4.02. The summed E-state index contributed by atoms with van der Waals surface area (Å²) in [6, 6.07) is 7.33. The van der Waals surface area contributed by atoms with Crippen molar-refractivity contribution in [2.75, 3.05) is 0 Å². The summed E-state index contributed by atoms with van der Waals surface area (Å²) in [7, 11) is 0. The fourth-order valence-electron chi connectivity index (χ4n) is 1.21. The lowest BCUT2D eigenvalue weighted by Gasteiger charge is -2.04. The molecule has 0 spiro atoms. The van der Waals surface area contributed by atoms with Crippen LogP contribution in [0.2, 0.25) is 0 Å². The van der Waals surface area contributed by atoms with Gasteiger partial charge in [-0.2, -0.15) is 0 Å². The van der Waals surface area contributed by atoms with Crippen LogP contribution in [0.1, 0.15) is 36.7 Å². The molecular formula is C15H18O2. The summed E-state index contributed by atoms with van der Waals surface area (Å²) in [6.45, 7) is 7.73. The van der Waals surface area contributed by atoms with Crippen LogP contribution in [0.3, 0.4) is 0 Å². The normalized spacial score (nSPS) is 10.9. The van der Waals surface area contributed by atoms with Crippen molar-refractivity contribution in [3.63, 3.8) is 0 Å². The second-order valence-corrected chi connectivity index (χ2v) is 4.28. The number of esters is 1. The average molecular weight is 230 g/mol. The summed E-state index contributed by atoms with van der Waals surface area (Å²) in [6.07, 6.45) is 3.71. The van der Waals surface area contributed by atoms with Crippen molar-refractivity contribution in [2.45, 2.75) is 27.7 Å². The molecular weight excluding hydrogens is 212 g/mol. The summed E-state index contributed by atoms with van der Waals surface area (Å²) < 4.78 is 5.20. The molecule has 0 aromatic heterocycles. The van der Waals surface area contributed by atoms with Gasteiger partial charge >= 0.3 is 5.97 Å². The van der Waals surface area contributed by atoms with Crippen molar-refractivity contribution in [1.82, 2.24) is 0 Å². The number of rotatable bonds is 3. The Balaban J connectivity index is 2.70. The van der Waals surface area contributed by atoms with Crippen LogP contribution in [0.5, 0.6) is 0 Å². The fraction of sp³-hybridized carbons (Fsp3) is 0.267. The van der Waals surface area contributed by atoms with Crippen LogP contribution < -0.4 is 0 Å². The molecule has 0 bridgehead atoms. The topological polar surface area (TPSA) is 26.3 Å². The zero-order valence-corrected chi connectivity index (χ0v) is 10.8. The van der Waals surface area contributed by atoms with E-state index in [1.807, 2.05) is 39.0 Å². The molecule has 0 saturated carbocycles. The number of carbonyl (C=O) groups is 1. The van der Waals surface area contributed by atoms with E-state index in [0.717, 1.165) is 11.1 Å². The number of aryl methyl sites for hydroxylation is 1. The van der Waals surface area contributed by atoms with Gasteiger partial charge < -0.3 is 4.74 Å². The quantitative estimate of drug-likeness (QED) is 0.445. The maximum Gasteiger partial charge on any atom is 0.343 e. The van der Waals surface area contributed by atoms with Gasteiger partial charge in [-0.3, -0.25) is 0 Å². The van der Waals surface area contributed by atoms with E-state index in [0.29, 0.717) is 11.3 Å². The monoisotopic (exact) mass is 230 g/mol. The summed E-state index contributed by atoms with van der Waals surface area (Å²) in [5.74, 6) is 0.276. The van der Waals surface area contributed by atoms with E-state index in [9.17, 15) is 4.79 Å². The van der Waals surface area contributed by atoms with Crippen molar-refractivity contribution in [1.29, 1.82) is 0 Å². The second-order valence-electron chi connectivity index (χ2n) is 4.28. The Morgan fingerprint density at radius 2 is 1.65 bits per heavy atom. The number of hydrogen-bond donors (Lipinski definition) is 0. The van der Waals surface area contributed by atoms with Gasteiger partial charge in [0, 0.05) is 0 Å². The number of benzene rings is 1. The molecule has 2 nitrogen and oxygen atoms in total. The van der Waals surface area contributed by atoms with E-state index in [4.69, 9.17) is 4.74 Å². The minimum atomic E-state index is -0.319. The first-order valence-corrected chi connectivity index (χ1v) is 5.59. The Hall–Kier alpha value is -1.83. The largest absolute Gasteiger partial charge is 0.428 e. The minimum absolute atomic E-state index is 0.319. The van der Waals surface area contributed by atoms with Gasteiger partial charge in [-0.05, 0) is 45.9 Å². The van der Waals surface area contributed by atoms with Crippen LogP contribution in [-0.4, -0.2) is 5.97 Å². The lowest BCUT2D eigenvalue weighted by Crippen LogP contribution is -2.03. The number of allylic oxidation sites excluding steroid dienone is 4. The van der Waals surface area contributed by atoms with E-state index in [1.54, 1.807) is 25.1 Å². The summed E-state index contributed by atoms with van der Waals surface area (Å²) in [5, 5.41) is 0. The van der Waals surface area contributed by atoms with Gasteiger partial charge in [0.1, 0.15) is 5.76 Å². The molecule has 1 aromatic rings. The maximum absolute atomic E-state index is 11.7. The summed E-state index contributed by atoms with van der Waals surface area (Å²) >= 11 is 0. The molecule has 2 heteroatoms. The highest BCUT2D eigenvalue weighted by molar-refractivity contribution is 5.90. The first-order chi connectivity index (χ1) is 7.99. The molecule has 0 amide bonds. The van der Waals surface area contributed by atoms with E-state index >= 15 is 0 Å². The highest BCUT2D eigenvalue weighted by Crippen LogP contribution is 2.08. The molecule has 0 saturated heterocycles. The van der Waals surface area contributed by atoms with Gasteiger partial charge in [0.15, 0.2) is 0 Å². The summed E-state index contributed by atoms with van der Waals surface area (Å²) in [4.78, 5) is 11.7. The van der Waals surface area contributed by atoms with Crippen LogP contribution in [0.4, 0.5) is 0 Å². The van der Waals surface area contributed by atoms with Gasteiger partial charge in [0.2, 0.25) is 0 Å². The van der Waals surface area contributed by atoms with Gasteiger partial charge in [0.05, 0.1) is 5.56 Å². The number of carbonyl (C=O) groups excluding carboxylic acids is 1.